The first-order valence-corrected chi connectivity index (χ1v) is 8.94. The highest BCUT2D eigenvalue weighted by Crippen LogP contribution is 2.35. The van der Waals surface area contributed by atoms with Gasteiger partial charge < -0.3 is 19.5 Å². The Morgan fingerprint density at radius 3 is 2.92 bits per heavy atom. The van der Waals surface area contributed by atoms with E-state index in [0.29, 0.717) is 19.6 Å². The van der Waals surface area contributed by atoms with Gasteiger partial charge in [0.1, 0.15) is 23.4 Å². The fourth-order valence-corrected chi connectivity index (χ4v) is 3.13. The Balaban J connectivity index is 1.66. The molecular formula is C21H25NO4. The van der Waals surface area contributed by atoms with Crippen molar-refractivity contribution in [1.82, 2.24) is 5.32 Å². The van der Waals surface area contributed by atoms with Gasteiger partial charge in [0.25, 0.3) is 0 Å². The Kier molecular flexibility index (Phi) is 5.66. The number of ether oxygens (including phenoxy) is 3. The van der Waals surface area contributed by atoms with E-state index in [1.54, 1.807) is 7.11 Å². The van der Waals surface area contributed by atoms with Gasteiger partial charge >= 0.3 is 0 Å². The lowest BCUT2D eigenvalue weighted by molar-refractivity contribution is -0.120. The number of benzene rings is 2. The molecule has 0 saturated heterocycles. The summed E-state index contributed by atoms with van der Waals surface area (Å²) in [6.45, 7) is 5.00. The first-order chi connectivity index (χ1) is 12.6. The van der Waals surface area contributed by atoms with Crippen molar-refractivity contribution in [2.45, 2.75) is 39.3 Å². The second-order valence-corrected chi connectivity index (χ2v) is 6.44. The molecule has 5 nitrogen and oxygen atoms in total. The van der Waals surface area contributed by atoms with E-state index >= 15 is 0 Å². The van der Waals surface area contributed by atoms with Crippen LogP contribution in [0.4, 0.5) is 0 Å². The molecule has 1 amide bonds. The number of nitrogens with one attached hydrogen (secondary N) is 1. The van der Waals surface area contributed by atoms with E-state index in [4.69, 9.17) is 14.2 Å². The summed E-state index contributed by atoms with van der Waals surface area (Å²) < 4.78 is 16.8. The van der Waals surface area contributed by atoms with Crippen LogP contribution in [-0.2, 0) is 24.2 Å². The lowest BCUT2D eigenvalue weighted by Gasteiger charge is -2.13. The van der Waals surface area contributed by atoms with Gasteiger partial charge in [0.15, 0.2) is 0 Å². The molecular weight excluding hydrogens is 330 g/mol. The smallest absolute Gasteiger partial charge is 0.224 e. The van der Waals surface area contributed by atoms with Crippen LogP contribution in [0.3, 0.4) is 0 Å². The molecule has 1 aliphatic rings. The number of rotatable bonds is 7. The number of amides is 1. The third-order valence-electron chi connectivity index (χ3n) is 4.35. The van der Waals surface area contributed by atoms with Crippen molar-refractivity contribution in [3.8, 4) is 17.2 Å². The summed E-state index contributed by atoms with van der Waals surface area (Å²) in [6.07, 6.45) is 1.37. The molecule has 3 rings (SSSR count). The maximum Gasteiger partial charge on any atom is 0.224 e. The molecule has 1 atom stereocenters. The van der Waals surface area contributed by atoms with Gasteiger partial charge in [0.2, 0.25) is 5.91 Å². The summed E-state index contributed by atoms with van der Waals surface area (Å²) in [5.41, 5.74) is 3.00. The maximum atomic E-state index is 12.3. The molecule has 2 aromatic rings. The fourth-order valence-electron chi connectivity index (χ4n) is 3.13. The van der Waals surface area contributed by atoms with Crippen molar-refractivity contribution in [3.63, 3.8) is 0 Å². The van der Waals surface area contributed by atoms with Crippen LogP contribution in [0, 0.1) is 0 Å². The van der Waals surface area contributed by atoms with E-state index < -0.39 is 0 Å². The minimum Gasteiger partial charge on any atom is -0.497 e. The van der Waals surface area contributed by atoms with Crippen molar-refractivity contribution in [2.75, 3.05) is 13.7 Å². The lowest BCUT2D eigenvalue weighted by atomic mass is 10.1. The summed E-state index contributed by atoms with van der Waals surface area (Å²) in [4.78, 5) is 12.3. The average Bonchev–Trinajstić information content (AvgIpc) is 2.99. The molecule has 0 saturated carbocycles. The van der Waals surface area contributed by atoms with Crippen LogP contribution >= 0.6 is 0 Å². The Morgan fingerprint density at radius 1 is 1.31 bits per heavy atom. The molecule has 26 heavy (non-hydrogen) atoms. The molecule has 138 valence electrons. The third-order valence-corrected chi connectivity index (χ3v) is 4.35. The van der Waals surface area contributed by atoms with E-state index in [0.717, 1.165) is 40.4 Å². The van der Waals surface area contributed by atoms with Gasteiger partial charge in [-0.2, -0.15) is 0 Å². The van der Waals surface area contributed by atoms with Crippen molar-refractivity contribution in [2.24, 2.45) is 0 Å². The molecule has 2 aromatic carbocycles. The second kappa shape index (κ2) is 8.13. The van der Waals surface area contributed by atoms with Gasteiger partial charge in [0.05, 0.1) is 20.1 Å². The monoisotopic (exact) mass is 355 g/mol. The molecule has 1 heterocycles. The van der Waals surface area contributed by atoms with Gasteiger partial charge in [-0.05, 0) is 43.7 Å². The van der Waals surface area contributed by atoms with Gasteiger partial charge in [0, 0.05) is 24.1 Å². The van der Waals surface area contributed by atoms with Crippen LogP contribution in [0.15, 0.2) is 36.4 Å². The normalized spacial score (nSPS) is 15.1. The Morgan fingerprint density at radius 2 is 2.15 bits per heavy atom. The summed E-state index contributed by atoms with van der Waals surface area (Å²) in [5.74, 6) is 2.40. The molecule has 0 spiro atoms. The van der Waals surface area contributed by atoms with E-state index in [1.165, 1.54) is 0 Å². The highest BCUT2D eigenvalue weighted by molar-refractivity contribution is 5.78. The predicted octanol–water partition coefficient (Wildman–Crippen LogP) is 3.28. The number of fused-ring (bicyclic) bond motifs is 1. The highest BCUT2D eigenvalue weighted by Gasteiger charge is 2.22. The Bertz CT molecular complexity index is 788. The Hall–Kier alpha value is -2.69. The summed E-state index contributed by atoms with van der Waals surface area (Å²) in [5, 5.41) is 2.97. The van der Waals surface area contributed by atoms with Crippen molar-refractivity contribution in [3.05, 3.63) is 53.1 Å². The standard InChI is InChI=1S/C21H25NO4/c1-4-25-19-11-16-8-14(2)26-20(16)12-17(19)13-22-21(23)10-15-6-5-7-18(9-15)24-3/h5-7,9,11-12,14H,4,8,10,13H2,1-3H3,(H,22,23). The quantitative estimate of drug-likeness (QED) is 0.828. The third kappa shape index (κ3) is 4.28. The minimum absolute atomic E-state index is 0.0458. The number of hydrogen-bond acceptors (Lipinski definition) is 4. The first kappa shape index (κ1) is 18.1. The molecule has 0 aromatic heterocycles. The zero-order valence-corrected chi connectivity index (χ0v) is 15.5. The zero-order chi connectivity index (χ0) is 18.5. The van der Waals surface area contributed by atoms with Crippen LogP contribution in [0.5, 0.6) is 17.2 Å². The van der Waals surface area contributed by atoms with Crippen LogP contribution in [0.25, 0.3) is 0 Å². The lowest BCUT2D eigenvalue weighted by Crippen LogP contribution is -2.24. The van der Waals surface area contributed by atoms with Crippen LogP contribution < -0.4 is 19.5 Å². The number of carbonyl (C=O) groups is 1. The van der Waals surface area contributed by atoms with E-state index in [9.17, 15) is 4.79 Å². The topological polar surface area (TPSA) is 56.8 Å². The van der Waals surface area contributed by atoms with Gasteiger partial charge in [-0.25, -0.2) is 0 Å². The highest BCUT2D eigenvalue weighted by atomic mass is 16.5. The van der Waals surface area contributed by atoms with Crippen molar-refractivity contribution < 1.29 is 19.0 Å². The van der Waals surface area contributed by atoms with Crippen LogP contribution in [-0.4, -0.2) is 25.7 Å². The molecule has 1 aliphatic heterocycles. The second-order valence-electron chi connectivity index (χ2n) is 6.44. The Labute approximate surface area is 154 Å². The van der Waals surface area contributed by atoms with Crippen molar-refractivity contribution >= 4 is 5.91 Å². The van der Waals surface area contributed by atoms with Gasteiger partial charge in [-0.1, -0.05) is 12.1 Å². The maximum absolute atomic E-state index is 12.3. The molecule has 5 heteroatoms. The van der Waals surface area contributed by atoms with E-state index in [-0.39, 0.29) is 12.0 Å². The largest absolute Gasteiger partial charge is 0.497 e. The number of methoxy groups -OCH3 is 1. The first-order valence-electron chi connectivity index (χ1n) is 8.94. The van der Waals surface area contributed by atoms with E-state index in [1.807, 2.05) is 43.3 Å². The average molecular weight is 355 g/mol. The minimum atomic E-state index is -0.0458. The SMILES string of the molecule is CCOc1cc2c(cc1CNC(=O)Cc1cccc(OC)c1)OC(C)C2. The molecule has 0 aliphatic carbocycles. The molecule has 1 unspecified atom stereocenters. The van der Waals surface area contributed by atoms with Crippen molar-refractivity contribution in [1.29, 1.82) is 0 Å². The number of carbonyl (C=O) groups excluding carboxylic acids is 1. The summed E-state index contributed by atoms with van der Waals surface area (Å²) in [7, 11) is 1.62. The van der Waals surface area contributed by atoms with Crippen LogP contribution in [0.1, 0.15) is 30.5 Å². The predicted molar refractivity (Wildman–Crippen MR) is 99.9 cm³/mol. The van der Waals surface area contributed by atoms with Crippen LogP contribution in [0.2, 0.25) is 0 Å². The molecule has 0 radical (unpaired) electrons. The van der Waals surface area contributed by atoms with Gasteiger partial charge in [-0.15, -0.1) is 0 Å². The summed E-state index contributed by atoms with van der Waals surface area (Å²) >= 11 is 0. The molecule has 0 fully saturated rings. The number of hydrogen-bond donors (Lipinski definition) is 1. The van der Waals surface area contributed by atoms with E-state index in [2.05, 4.69) is 12.2 Å². The summed E-state index contributed by atoms with van der Waals surface area (Å²) in [6, 6.07) is 11.5. The van der Waals surface area contributed by atoms with Gasteiger partial charge in [-0.3, -0.25) is 4.79 Å². The molecule has 0 bridgehead atoms. The molecule has 1 N–H and O–H groups in total. The zero-order valence-electron chi connectivity index (χ0n) is 15.5. The fraction of sp³-hybridized carbons (Fsp3) is 0.381.